The lowest BCUT2D eigenvalue weighted by atomic mass is 9.94. The third kappa shape index (κ3) is 2.73. The van der Waals surface area contributed by atoms with Crippen molar-refractivity contribution in [2.24, 2.45) is 0 Å². The Hall–Kier alpha value is -1.75. The van der Waals surface area contributed by atoms with E-state index in [1.807, 2.05) is 6.92 Å². The largest absolute Gasteiger partial charge is 0.508 e. The van der Waals surface area contributed by atoms with E-state index in [9.17, 15) is 15.0 Å². The van der Waals surface area contributed by atoms with Crippen molar-refractivity contribution in [2.45, 2.75) is 25.3 Å². The second-order valence-electron chi connectivity index (χ2n) is 4.87. The maximum absolute atomic E-state index is 12.0. The number of ether oxygens (including phenoxy) is 1. The summed E-state index contributed by atoms with van der Waals surface area (Å²) in [7, 11) is 0. The van der Waals surface area contributed by atoms with Gasteiger partial charge in [0.2, 0.25) is 0 Å². The third-order valence-corrected chi connectivity index (χ3v) is 3.08. The van der Waals surface area contributed by atoms with E-state index in [4.69, 9.17) is 4.74 Å². The van der Waals surface area contributed by atoms with Gasteiger partial charge in [0.05, 0.1) is 17.7 Å². The number of phenolic OH excluding ortho intramolecular Hbond substituents is 2. The fraction of sp³-hybridized carbons (Fsp3) is 0.462. The Kier molecular flexibility index (Phi) is 3.43. The number of amides is 1. The first-order valence-corrected chi connectivity index (χ1v) is 5.92. The standard InChI is InChI=1S/C13H17NO4/c1-13(5-2-6-18-8-13)14-12(17)10-4-3-9(15)7-11(10)16/h3-4,7,15-16H,2,5-6,8H2,1H3,(H,14,17). The molecule has 1 aliphatic heterocycles. The molecule has 1 aliphatic rings. The number of carbonyl (C=O) groups excluding carboxylic acids is 1. The zero-order valence-electron chi connectivity index (χ0n) is 10.3. The highest BCUT2D eigenvalue weighted by Gasteiger charge is 2.30. The molecule has 0 spiro atoms. The van der Waals surface area contributed by atoms with Crippen molar-refractivity contribution < 1.29 is 19.7 Å². The van der Waals surface area contributed by atoms with Crippen molar-refractivity contribution in [3.63, 3.8) is 0 Å². The molecule has 18 heavy (non-hydrogen) atoms. The number of carbonyl (C=O) groups is 1. The van der Waals surface area contributed by atoms with Crippen molar-refractivity contribution in [1.82, 2.24) is 5.32 Å². The molecule has 0 bridgehead atoms. The first-order chi connectivity index (χ1) is 8.50. The van der Waals surface area contributed by atoms with Gasteiger partial charge >= 0.3 is 0 Å². The number of hydrogen-bond donors (Lipinski definition) is 3. The zero-order chi connectivity index (χ0) is 13.2. The summed E-state index contributed by atoms with van der Waals surface area (Å²) in [5, 5.41) is 21.7. The summed E-state index contributed by atoms with van der Waals surface area (Å²) in [5.74, 6) is -0.662. The monoisotopic (exact) mass is 251 g/mol. The van der Waals surface area contributed by atoms with Crippen molar-refractivity contribution >= 4 is 5.91 Å². The normalized spacial score (nSPS) is 23.6. The minimum atomic E-state index is -0.403. The molecule has 1 aromatic rings. The van der Waals surface area contributed by atoms with E-state index in [0.717, 1.165) is 25.5 Å². The molecule has 0 aliphatic carbocycles. The van der Waals surface area contributed by atoms with Crippen LogP contribution in [0.1, 0.15) is 30.1 Å². The predicted molar refractivity (Wildman–Crippen MR) is 65.7 cm³/mol. The number of rotatable bonds is 2. The molecule has 5 heteroatoms. The summed E-state index contributed by atoms with van der Waals surface area (Å²) in [6.07, 6.45) is 1.75. The molecule has 1 aromatic carbocycles. The molecule has 98 valence electrons. The summed E-state index contributed by atoms with van der Waals surface area (Å²) in [6, 6.07) is 3.91. The molecule has 5 nitrogen and oxygen atoms in total. The van der Waals surface area contributed by atoms with Crippen LogP contribution in [0.2, 0.25) is 0 Å². The van der Waals surface area contributed by atoms with E-state index in [0.29, 0.717) is 6.61 Å². The lowest BCUT2D eigenvalue weighted by Crippen LogP contribution is -2.51. The van der Waals surface area contributed by atoms with E-state index in [2.05, 4.69) is 5.32 Å². The topological polar surface area (TPSA) is 78.8 Å². The zero-order valence-corrected chi connectivity index (χ0v) is 10.3. The Bertz CT molecular complexity index is 452. The van der Waals surface area contributed by atoms with E-state index < -0.39 is 5.54 Å². The number of aromatic hydroxyl groups is 2. The van der Waals surface area contributed by atoms with Crippen molar-refractivity contribution in [3.8, 4) is 11.5 Å². The molecule has 1 fully saturated rings. The first kappa shape index (κ1) is 12.7. The summed E-state index contributed by atoms with van der Waals surface area (Å²) >= 11 is 0. The molecule has 0 saturated carbocycles. The number of phenols is 2. The predicted octanol–water partition coefficient (Wildman–Crippen LogP) is 1.40. The Morgan fingerprint density at radius 1 is 1.44 bits per heavy atom. The van der Waals surface area contributed by atoms with Gasteiger partial charge in [-0.2, -0.15) is 0 Å². The molecule has 1 heterocycles. The Morgan fingerprint density at radius 3 is 2.83 bits per heavy atom. The molecule has 0 aromatic heterocycles. The Balaban J connectivity index is 2.11. The highest BCUT2D eigenvalue weighted by atomic mass is 16.5. The van der Waals surface area contributed by atoms with Gasteiger partial charge < -0.3 is 20.3 Å². The number of benzene rings is 1. The van der Waals surface area contributed by atoms with Crippen molar-refractivity contribution in [3.05, 3.63) is 23.8 Å². The number of nitrogens with one attached hydrogen (secondary N) is 1. The summed E-state index contributed by atoms with van der Waals surface area (Å²) in [6.45, 7) is 3.11. The van der Waals surface area contributed by atoms with Gasteiger partial charge in [0.1, 0.15) is 11.5 Å². The molecule has 2 rings (SSSR count). The van der Waals surface area contributed by atoms with Gasteiger partial charge in [-0.25, -0.2) is 0 Å². The van der Waals surface area contributed by atoms with Crippen LogP contribution >= 0.6 is 0 Å². The quantitative estimate of drug-likeness (QED) is 0.742. The molecule has 1 atom stereocenters. The van der Waals surface area contributed by atoms with Gasteiger partial charge in [0.15, 0.2) is 0 Å². The van der Waals surface area contributed by atoms with Crippen LogP contribution in [-0.4, -0.2) is 34.9 Å². The highest BCUT2D eigenvalue weighted by molar-refractivity contribution is 5.97. The van der Waals surface area contributed by atoms with Gasteiger partial charge in [0, 0.05) is 12.7 Å². The molecular weight excluding hydrogens is 234 g/mol. The van der Waals surface area contributed by atoms with Gasteiger partial charge in [0.25, 0.3) is 5.91 Å². The van der Waals surface area contributed by atoms with E-state index in [-0.39, 0.29) is 23.0 Å². The lowest BCUT2D eigenvalue weighted by molar-refractivity contribution is 0.0272. The fourth-order valence-corrected chi connectivity index (χ4v) is 2.09. The Labute approximate surface area is 105 Å². The average molecular weight is 251 g/mol. The number of hydrogen-bond acceptors (Lipinski definition) is 4. The molecule has 1 amide bonds. The van der Waals surface area contributed by atoms with Crippen LogP contribution in [0.3, 0.4) is 0 Å². The van der Waals surface area contributed by atoms with Crippen LogP contribution in [0.15, 0.2) is 18.2 Å². The SMILES string of the molecule is CC1(NC(=O)c2ccc(O)cc2O)CCCOC1. The Morgan fingerprint density at radius 2 is 2.22 bits per heavy atom. The second kappa shape index (κ2) is 4.86. The third-order valence-electron chi connectivity index (χ3n) is 3.08. The highest BCUT2D eigenvalue weighted by Crippen LogP contribution is 2.24. The molecular formula is C13H17NO4. The van der Waals surface area contributed by atoms with Crippen molar-refractivity contribution in [1.29, 1.82) is 0 Å². The van der Waals surface area contributed by atoms with Crippen LogP contribution in [0.4, 0.5) is 0 Å². The van der Waals surface area contributed by atoms with E-state index >= 15 is 0 Å². The summed E-state index contributed by atoms with van der Waals surface area (Å²) in [4.78, 5) is 12.0. The van der Waals surface area contributed by atoms with Crippen LogP contribution in [0.25, 0.3) is 0 Å². The van der Waals surface area contributed by atoms with Gasteiger partial charge in [-0.05, 0) is 31.9 Å². The fourth-order valence-electron chi connectivity index (χ4n) is 2.09. The van der Waals surface area contributed by atoms with E-state index in [1.165, 1.54) is 12.1 Å². The van der Waals surface area contributed by atoms with Crippen LogP contribution in [0, 0.1) is 0 Å². The summed E-state index contributed by atoms with van der Waals surface area (Å²) in [5.41, 5.74) is -0.251. The second-order valence-corrected chi connectivity index (χ2v) is 4.87. The van der Waals surface area contributed by atoms with Gasteiger partial charge in [-0.1, -0.05) is 0 Å². The molecule has 1 unspecified atom stereocenters. The minimum Gasteiger partial charge on any atom is -0.508 e. The smallest absolute Gasteiger partial charge is 0.255 e. The molecule has 0 radical (unpaired) electrons. The van der Waals surface area contributed by atoms with Crippen LogP contribution in [-0.2, 0) is 4.74 Å². The minimum absolute atomic E-state index is 0.0729. The molecule has 3 N–H and O–H groups in total. The first-order valence-electron chi connectivity index (χ1n) is 5.92. The van der Waals surface area contributed by atoms with Crippen LogP contribution in [0.5, 0.6) is 11.5 Å². The molecule has 1 saturated heterocycles. The lowest BCUT2D eigenvalue weighted by Gasteiger charge is -2.34. The summed E-state index contributed by atoms with van der Waals surface area (Å²) < 4.78 is 5.35. The van der Waals surface area contributed by atoms with Gasteiger partial charge in [-0.15, -0.1) is 0 Å². The maximum Gasteiger partial charge on any atom is 0.255 e. The van der Waals surface area contributed by atoms with Gasteiger partial charge in [-0.3, -0.25) is 4.79 Å². The average Bonchev–Trinajstić information content (AvgIpc) is 2.28. The van der Waals surface area contributed by atoms with Crippen LogP contribution < -0.4 is 5.32 Å². The van der Waals surface area contributed by atoms with E-state index in [1.54, 1.807) is 0 Å². The van der Waals surface area contributed by atoms with Crippen molar-refractivity contribution in [2.75, 3.05) is 13.2 Å². The maximum atomic E-state index is 12.0.